The standard InChI is InChI=1S/C13H17N3OS2/c1-9(16(3)13-14-10(2)15-18-13)11-5-7-12(8-6-11)19(4)17/h5-9H,1-4H3. The molecule has 0 aliphatic heterocycles. The lowest BCUT2D eigenvalue weighted by molar-refractivity contribution is 0.686. The Labute approximate surface area is 120 Å². The Morgan fingerprint density at radius 2 is 1.95 bits per heavy atom. The minimum Gasteiger partial charge on any atom is -0.343 e. The first-order valence-electron chi connectivity index (χ1n) is 5.95. The number of aromatic nitrogens is 2. The summed E-state index contributed by atoms with van der Waals surface area (Å²) in [5, 5.41) is 0.910. The third-order valence-electron chi connectivity index (χ3n) is 3.09. The normalized spacial score (nSPS) is 14.1. The predicted molar refractivity (Wildman–Crippen MR) is 80.2 cm³/mol. The summed E-state index contributed by atoms with van der Waals surface area (Å²) in [4.78, 5) is 7.34. The van der Waals surface area contributed by atoms with Gasteiger partial charge in [-0.2, -0.15) is 4.37 Å². The number of anilines is 1. The molecule has 0 saturated carbocycles. The highest BCUT2D eigenvalue weighted by atomic mass is 32.2. The molecule has 0 aliphatic carbocycles. The fourth-order valence-corrected chi connectivity index (χ4v) is 2.99. The molecule has 2 unspecified atom stereocenters. The molecule has 19 heavy (non-hydrogen) atoms. The van der Waals surface area contributed by atoms with Crippen LogP contribution in [0, 0.1) is 6.92 Å². The lowest BCUT2D eigenvalue weighted by atomic mass is 10.1. The number of aryl methyl sites for hydroxylation is 1. The predicted octanol–water partition coefficient (Wildman–Crippen LogP) is 2.78. The van der Waals surface area contributed by atoms with Gasteiger partial charge in [-0.05, 0) is 31.5 Å². The molecule has 1 aromatic carbocycles. The summed E-state index contributed by atoms with van der Waals surface area (Å²) in [5.41, 5.74) is 1.17. The van der Waals surface area contributed by atoms with Crippen molar-refractivity contribution in [2.45, 2.75) is 24.8 Å². The number of hydrogen-bond donors (Lipinski definition) is 0. The first-order valence-corrected chi connectivity index (χ1v) is 8.28. The molecule has 6 heteroatoms. The monoisotopic (exact) mass is 295 g/mol. The van der Waals surface area contributed by atoms with Gasteiger partial charge in [-0.3, -0.25) is 4.21 Å². The van der Waals surface area contributed by atoms with Crippen molar-refractivity contribution in [3.8, 4) is 0 Å². The molecule has 0 spiro atoms. The van der Waals surface area contributed by atoms with Crippen LogP contribution < -0.4 is 4.90 Å². The van der Waals surface area contributed by atoms with Crippen LogP contribution in [0.2, 0.25) is 0 Å². The quantitative estimate of drug-likeness (QED) is 0.870. The van der Waals surface area contributed by atoms with Gasteiger partial charge in [-0.1, -0.05) is 12.1 Å². The summed E-state index contributed by atoms with van der Waals surface area (Å²) in [5.74, 6) is 0.802. The summed E-state index contributed by atoms with van der Waals surface area (Å²) in [6.07, 6.45) is 1.69. The summed E-state index contributed by atoms with van der Waals surface area (Å²) < 4.78 is 15.6. The topological polar surface area (TPSA) is 46.1 Å². The SMILES string of the molecule is Cc1nsc(N(C)C(C)c2ccc(S(C)=O)cc2)n1. The van der Waals surface area contributed by atoms with E-state index in [1.807, 2.05) is 38.2 Å². The van der Waals surface area contributed by atoms with Crippen LogP contribution in [0.3, 0.4) is 0 Å². The van der Waals surface area contributed by atoms with Gasteiger partial charge in [0, 0.05) is 40.5 Å². The average Bonchev–Trinajstić information content (AvgIpc) is 2.84. The van der Waals surface area contributed by atoms with E-state index in [1.54, 1.807) is 6.26 Å². The molecule has 2 rings (SSSR count). The summed E-state index contributed by atoms with van der Waals surface area (Å²) >= 11 is 1.40. The van der Waals surface area contributed by atoms with Crippen molar-refractivity contribution in [1.82, 2.24) is 9.36 Å². The number of rotatable bonds is 4. The maximum atomic E-state index is 11.4. The van der Waals surface area contributed by atoms with Gasteiger partial charge in [-0.15, -0.1) is 0 Å². The summed E-state index contributed by atoms with van der Waals surface area (Å²) in [6, 6.07) is 8.08. The van der Waals surface area contributed by atoms with Crippen LogP contribution in [-0.4, -0.2) is 26.9 Å². The maximum absolute atomic E-state index is 11.4. The summed E-state index contributed by atoms with van der Waals surface area (Å²) in [6.45, 7) is 4.01. The van der Waals surface area contributed by atoms with E-state index in [1.165, 1.54) is 17.1 Å². The van der Waals surface area contributed by atoms with E-state index in [4.69, 9.17) is 0 Å². The van der Waals surface area contributed by atoms with Crippen LogP contribution in [0.5, 0.6) is 0 Å². The molecule has 0 bridgehead atoms. The third kappa shape index (κ3) is 3.19. The van der Waals surface area contributed by atoms with Crippen LogP contribution >= 0.6 is 11.5 Å². The van der Waals surface area contributed by atoms with Gasteiger partial charge in [0.25, 0.3) is 0 Å². The lowest BCUT2D eigenvalue weighted by Gasteiger charge is -2.24. The van der Waals surface area contributed by atoms with Gasteiger partial charge in [0.2, 0.25) is 5.13 Å². The second-order valence-corrected chi connectivity index (χ2v) is 6.54. The van der Waals surface area contributed by atoms with Crippen LogP contribution in [-0.2, 0) is 10.8 Å². The van der Waals surface area contributed by atoms with Gasteiger partial charge in [-0.25, -0.2) is 4.98 Å². The Balaban J connectivity index is 2.19. The smallest absolute Gasteiger partial charge is 0.205 e. The van der Waals surface area contributed by atoms with Crippen LogP contribution in [0.25, 0.3) is 0 Å². The summed E-state index contributed by atoms with van der Waals surface area (Å²) in [7, 11) is 1.08. The van der Waals surface area contributed by atoms with Gasteiger partial charge in [0.05, 0.1) is 6.04 Å². The fourth-order valence-electron chi connectivity index (χ4n) is 1.76. The van der Waals surface area contributed by atoms with Crippen LogP contribution in [0.15, 0.2) is 29.2 Å². The largest absolute Gasteiger partial charge is 0.343 e. The van der Waals surface area contributed by atoms with Crippen molar-refractivity contribution in [3.05, 3.63) is 35.7 Å². The fraction of sp³-hybridized carbons (Fsp3) is 0.385. The van der Waals surface area contributed by atoms with Crippen molar-refractivity contribution in [3.63, 3.8) is 0 Å². The number of hydrogen-bond acceptors (Lipinski definition) is 5. The first kappa shape index (κ1) is 14.1. The Kier molecular flexibility index (Phi) is 4.31. The zero-order chi connectivity index (χ0) is 14.0. The van der Waals surface area contributed by atoms with E-state index in [9.17, 15) is 4.21 Å². The molecule has 0 fully saturated rings. The molecule has 0 aliphatic rings. The number of nitrogens with zero attached hydrogens (tertiary/aromatic N) is 3. The van der Waals surface area contributed by atoms with Crippen molar-refractivity contribution >= 4 is 27.5 Å². The molecule has 2 atom stereocenters. The van der Waals surface area contributed by atoms with Crippen molar-refractivity contribution in [2.75, 3.05) is 18.2 Å². The van der Waals surface area contributed by atoms with Crippen molar-refractivity contribution in [2.24, 2.45) is 0 Å². The molecule has 0 saturated heterocycles. The van der Waals surface area contributed by atoms with Gasteiger partial charge < -0.3 is 4.90 Å². The molecule has 0 radical (unpaired) electrons. The van der Waals surface area contributed by atoms with E-state index in [0.717, 1.165) is 15.9 Å². The third-order valence-corrected chi connectivity index (χ3v) is 4.93. The van der Waals surface area contributed by atoms with Crippen LogP contribution in [0.4, 0.5) is 5.13 Å². The molecule has 2 aromatic rings. The Hall–Kier alpha value is -1.27. The molecular weight excluding hydrogens is 278 g/mol. The zero-order valence-electron chi connectivity index (χ0n) is 11.5. The van der Waals surface area contributed by atoms with Crippen molar-refractivity contribution < 1.29 is 4.21 Å². The highest BCUT2D eigenvalue weighted by Gasteiger charge is 2.15. The highest BCUT2D eigenvalue weighted by molar-refractivity contribution is 7.84. The zero-order valence-corrected chi connectivity index (χ0v) is 13.1. The van der Waals surface area contributed by atoms with E-state index in [2.05, 4.69) is 21.2 Å². The van der Waals surface area contributed by atoms with E-state index in [0.29, 0.717) is 0 Å². The maximum Gasteiger partial charge on any atom is 0.205 e. The molecule has 102 valence electrons. The minimum atomic E-state index is -0.928. The first-order chi connectivity index (χ1) is 8.99. The molecule has 0 N–H and O–H groups in total. The van der Waals surface area contributed by atoms with E-state index >= 15 is 0 Å². The Morgan fingerprint density at radius 1 is 1.32 bits per heavy atom. The Morgan fingerprint density at radius 3 is 2.42 bits per heavy atom. The van der Waals surface area contributed by atoms with E-state index < -0.39 is 10.8 Å². The molecular formula is C13H17N3OS2. The lowest BCUT2D eigenvalue weighted by Crippen LogP contribution is -2.21. The van der Waals surface area contributed by atoms with Gasteiger partial charge in [0.1, 0.15) is 5.82 Å². The number of benzene rings is 1. The average molecular weight is 295 g/mol. The second-order valence-electron chi connectivity index (χ2n) is 4.43. The van der Waals surface area contributed by atoms with Gasteiger partial charge >= 0.3 is 0 Å². The molecule has 1 aromatic heterocycles. The van der Waals surface area contributed by atoms with Crippen LogP contribution in [0.1, 0.15) is 24.4 Å². The van der Waals surface area contributed by atoms with Crippen molar-refractivity contribution in [1.29, 1.82) is 0 Å². The molecule has 0 amide bonds. The van der Waals surface area contributed by atoms with E-state index in [-0.39, 0.29) is 6.04 Å². The Bertz CT molecular complexity index is 580. The van der Waals surface area contributed by atoms with Gasteiger partial charge in [0.15, 0.2) is 0 Å². The second kappa shape index (κ2) is 5.79. The molecule has 1 heterocycles. The highest BCUT2D eigenvalue weighted by Crippen LogP contribution is 2.26. The minimum absolute atomic E-state index is 0.201. The molecule has 4 nitrogen and oxygen atoms in total.